The molecule has 0 aliphatic heterocycles. The van der Waals surface area contributed by atoms with E-state index in [1.807, 2.05) is 41.2 Å². The summed E-state index contributed by atoms with van der Waals surface area (Å²) >= 11 is 3.56. The van der Waals surface area contributed by atoms with Crippen LogP contribution in [-0.2, 0) is 11.3 Å². The molecule has 7 nitrogen and oxygen atoms in total. The minimum absolute atomic E-state index is 0.425. The van der Waals surface area contributed by atoms with Gasteiger partial charge in [0.25, 0.3) is 0 Å². The summed E-state index contributed by atoms with van der Waals surface area (Å²) in [7, 11) is 3.22. The predicted molar refractivity (Wildman–Crippen MR) is 113 cm³/mol. The summed E-state index contributed by atoms with van der Waals surface area (Å²) in [6, 6.07) is 9.78. The van der Waals surface area contributed by atoms with E-state index in [1.54, 1.807) is 14.2 Å². The largest absolute Gasteiger partial charge is 0.496 e. The van der Waals surface area contributed by atoms with Crippen molar-refractivity contribution in [1.82, 2.24) is 15.1 Å². The smallest absolute Gasteiger partial charge is 0.310 e. The Labute approximate surface area is 176 Å². The summed E-state index contributed by atoms with van der Waals surface area (Å²) in [5.41, 5.74) is 2.01. The fourth-order valence-electron chi connectivity index (χ4n) is 3.53. The van der Waals surface area contributed by atoms with Gasteiger partial charge in [0.1, 0.15) is 11.5 Å². The zero-order chi connectivity index (χ0) is 20.6. The third kappa shape index (κ3) is 3.58. The number of methoxy groups -OCH3 is 2. The van der Waals surface area contributed by atoms with Gasteiger partial charge in [-0.05, 0) is 25.0 Å². The Balaban J connectivity index is 1.66. The highest BCUT2D eigenvalue weighted by Gasteiger charge is 2.49. The number of nitrogens with one attached hydrogen (secondary N) is 1. The highest BCUT2D eigenvalue weighted by atomic mass is 79.9. The molecule has 1 saturated carbocycles. The molecule has 1 heterocycles. The van der Waals surface area contributed by atoms with E-state index in [2.05, 4.69) is 26.3 Å². The van der Waals surface area contributed by atoms with Gasteiger partial charge in [-0.1, -0.05) is 22.0 Å². The molecule has 29 heavy (non-hydrogen) atoms. The molecule has 3 aromatic rings. The molecule has 1 aromatic heterocycles. The topological polar surface area (TPSA) is 85.6 Å². The first kappa shape index (κ1) is 19.7. The first-order valence-electron chi connectivity index (χ1n) is 9.31. The number of aliphatic carboxylic acids is 1. The number of aromatic nitrogens is 2. The van der Waals surface area contributed by atoms with Crippen LogP contribution in [0.3, 0.4) is 0 Å². The van der Waals surface area contributed by atoms with Crippen molar-refractivity contribution in [1.29, 1.82) is 0 Å². The Hall–Kier alpha value is -2.58. The van der Waals surface area contributed by atoms with Gasteiger partial charge in [-0.3, -0.25) is 4.79 Å². The monoisotopic (exact) mass is 459 g/mol. The lowest BCUT2D eigenvalue weighted by Gasteiger charge is -2.17. The Bertz CT molecular complexity index is 1050. The van der Waals surface area contributed by atoms with Crippen LogP contribution in [0.15, 0.2) is 41.0 Å². The van der Waals surface area contributed by atoms with E-state index in [0.29, 0.717) is 37.4 Å². The summed E-state index contributed by atoms with van der Waals surface area (Å²) in [6.07, 6.45) is 3.24. The Kier molecular flexibility index (Phi) is 5.23. The number of benzene rings is 2. The second-order valence-electron chi connectivity index (χ2n) is 7.25. The Morgan fingerprint density at radius 3 is 2.55 bits per heavy atom. The summed E-state index contributed by atoms with van der Waals surface area (Å²) in [5.74, 6) is 0.576. The summed E-state index contributed by atoms with van der Waals surface area (Å²) in [6.45, 7) is 0.876. The molecule has 152 valence electrons. The van der Waals surface area contributed by atoms with Gasteiger partial charge in [0.2, 0.25) is 0 Å². The number of ether oxygens (including phenoxy) is 2. The van der Waals surface area contributed by atoms with E-state index in [1.165, 1.54) is 0 Å². The van der Waals surface area contributed by atoms with E-state index in [9.17, 15) is 9.90 Å². The van der Waals surface area contributed by atoms with Gasteiger partial charge in [0, 0.05) is 35.1 Å². The lowest BCUT2D eigenvalue weighted by atomic mass is 10.1. The minimum Gasteiger partial charge on any atom is -0.496 e. The van der Waals surface area contributed by atoms with E-state index < -0.39 is 11.4 Å². The summed E-state index contributed by atoms with van der Waals surface area (Å²) in [5, 5.41) is 18.1. The number of carbonyl (C=O) groups is 1. The van der Waals surface area contributed by atoms with E-state index in [4.69, 9.17) is 9.47 Å². The molecule has 0 amide bonds. The lowest BCUT2D eigenvalue weighted by molar-refractivity contribution is -0.143. The van der Waals surface area contributed by atoms with Crippen LogP contribution in [0, 0.1) is 5.41 Å². The Morgan fingerprint density at radius 1 is 1.28 bits per heavy atom. The number of halogens is 1. The van der Waals surface area contributed by atoms with Crippen molar-refractivity contribution in [3.05, 3.63) is 46.6 Å². The number of carboxylic acids is 1. The fourth-order valence-corrected chi connectivity index (χ4v) is 3.99. The van der Waals surface area contributed by atoms with Crippen molar-refractivity contribution in [2.75, 3.05) is 20.8 Å². The predicted octanol–water partition coefficient (Wildman–Crippen LogP) is 3.76. The van der Waals surface area contributed by atoms with Crippen molar-refractivity contribution in [2.24, 2.45) is 5.41 Å². The maximum atomic E-state index is 11.4. The number of rotatable bonds is 8. The van der Waals surface area contributed by atoms with Crippen LogP contribution in [-0.4, -0.2) is 41.6 Å². The molecular weight excluding hydrogens is 438 g/mol. The molecule has 2 aromatic carbocycles. The van der Waals surface area contributed by atoms with Crippen LogP contribution in [0.2, 0.25) is 0 Å². The molecule has 0 bridgehead atoms. The third-order valence-electron chi connectivity index (χ3n) is 5.47. The SMILES string of the molecule is COc1cc(-n2ncc3c(Br)cccc32)cc(OC)c1CNCC1(C(=O)O)CC1. The highest BCUT2D eigenvalue weighted by Crippen LogP contribution is 2.45. The quantitative estimate of drug-likeness (QED) is 0.533. The van der Waals surface area contributed by atoms with Crippen molar-refractivity contribution >= 4 is 32.8 Å². The van der Waals surface area contributed by atoms with Gasteiger partial charge in [-0.2, -0.15) is 5.10 Å². The van der Waals surface area contributed by atoms with Gasteiger partial charge in [0.05, 0.1) is 42.6 Å². The minimum atomic E-state index is -0.740. The molecule has 2 N–H and O–H groups in total. The van der Waals surface area contributed by atoms with Crippen LogP contribution in [0.25, 0.3) is 16.6 Å². The number of hydrogen-bond donors (Lipinski definition) is 2. The molecule has 0 saturated heterocycles. The average molecular weight is 460 g/mol. The van der Waals surface area contributed by atoms with Gasteiger partial charge >= 0.3 is 5.97 Å². The summed E-state index contributed by atoms with van der Waals surface area (Å²) in [4.78, 5) is 11.4. The molecule has 0 spiro atoms. The molecular formula is C21H22BrN3O4. The molecule has 0 unspecified atom stereocenters. The van der Waals surface area contributed by atoms with Gasteiger partial charge in [0.15, 0.2) is 0 Å². The average Bonchev–Trinajstić information content (AvgIpc) is 3.39. The first-order chi connectivity index (χ1) is 14.0. The van der Waals surface area contributed by atoms with E-state index in [0.717, 1.165) is 26.6 Å². The van der Waals surface area contributed by atoms with Gasteiger partial charge < -0.3 is 19.9 Å². The standard InChI is InChI=1S/C21H22BrN3O4/c1-28-18-8-13(25-17-5-3-4-16(22)14(17)11-24-25)9-19(29-2)15(18)10-23-12-21(6-7-21)20(26)27/h3-5,8-9,11,23H,6-7,10,12H2,1-2H3,(H,26,27). The molecule has 4 rings (SSSR count). The van der Waals surface area contributed by atoms with Crippen LogP contribution >= 0.6 is 15.9 Å². The second-order valence-corrected chi connectivity index (χ2v) is 8.10. The fraction of sp³-hybridized carbons (Fsp3) is 0.333. The van der Waals surface area contributed by atoms with Crippen LogP contribution in [0.1, 0.15) is 18.4 Å². The first-order valence-corrected chi connectivity index (χ1v) is 10.1. The van der Waals surface area contributed by atoms with Crippen LogP contribution < -0.4 is 14.8 Å². The van der Waals surface area contributed by atoms with Gasteiger partial charge in [-0.25, -0.2) is 4.68 Å². The van der Waals surface area contributed by atoms with Crippen molar-refractivity contribution < 1.29 is 19.4 Å². The van der Waals surface area contributed by atoms with E-state index >= 15 is 0 Å². The zero-order valence-corrected chi connectivity index (χ0v) is 17.8. The highest BCUT2D eigenvalue weighted by molar-refractivity contribution is 9.10. The lowest BCUT2D eigenvalue weighted by Crippen LogP contribution is -2.29. The molecule has 0 radical (unpaired) electrons. The molecule has 0 atom stereocenters. The molecule has 8 heteroatoms. The van der Waals surface area contributed by atoms with Crippen LogP contribution in [0.4, 0.5) is 0 Å². The van der Waals surface area contributed by atoms with Crippen LogP contribution in [0.5, 0.6) is 11.5 Å². The zero-order valence-electron chi connectivity index (χ0n) is 16.2. The maximum Gasteiger partial charge on any atom is 0.310 e. The van der Waals surface area contributed by atoms with E-state index in [-0.39, 0.29) is 0 Å². The number of fused-ring (bicyclic) bond motifs is 1. The number of nitrogens with zero attached hydrogens (tertiary/aromatic N) is 2. The number of hydrogen-bond acceptors (Lipinski definition) is 5. The maximum absolute atomic E-state index is 11.4. The Morgan fingerprint density at radius 2 is 1.97 bits per heavy atom. The second kappa shape index (κ2) is 7.68. The van der Waals surface area contributed by atoms with Gasteiger partial charge in [-0.15, -0.1) is 0 Å². The molecule has 1 aliphatic rings. The third-order valence-corrected chi connectivity index (χ3v) is 6.16. The van der Waals surface area contributed by atoms with Crippen molar-refractivity contribution in [3.63, 3.8) is 0 Å². The van der Waals surface area contributed by atoms with Crippen molar-refractivity contribution in [3.8, 4) is 17.2 Å². The van der Waals surface area contributed by atoms with Crippen molar-refractivity contribution in [2.45, 2.75) is 19.4 Å². The number of carboxylic acid groups (broad SMARTS) is 1. The molecule has 1 fully saturated rings. The normalized spacial score (nSPS) is 14.7. The summed E-state index contributed by atoms with van der Waals surface area (Å²) < 4.78 is 14.1. The molecule has 1 aliphatic carbocycles.